The molecule has 102 valence electrons. The van der Waals surface area contributed by atoms with Crippen LogP contribution in [0.25, 0.3) is 11.3 Å². The highest BCUT2D eigenvalue weighted by atomic mass is 127. The van der Waals surface area contributed by atoms with Crippen molar-refractivity contribution < 1.29 is 4.39 Å². The Kier molecular flexibility index (Phi) is 4.82. The molecule has 8 heteroatoms. The van der Waals surface area contributed by atoms with Gasteiger partial charge in [-0.1, -0.05) is 17.8 Å². The zero-order valence-corrected chi connectivity index (χ0v) is 14.6. The first-order chi connectivity index (χ1) is 9.49. The molecule has 1 aromatic carbocycles. The number of hydrogen-bond acceptors (Lipinski definition) is 4. The van der Waals surface area contributed by atoms with Crippen LogP contribution in [0.5, 0.6) is 0 Å². The second-order valence-electron chi connectivity index (χ2n) is 3.63. The van der Waals surface area contributed by atoms with Gasteiger partial charge in [0, 0.05) is 5.56 Å². The van der Waals surface area contributed by atoms with Crippen LogP contribution in [0, 0.1) is 20.7 Å². The number of H-pyrrole nitrogens is 1. The summed E-state index contributed by atoms with van der Waals surface area (Å²) in [7, 11) is 0. The molecule has 0 amide bonds. The third kappa shape index (κ3) is 2.75. The highest BCUT2D eigenvalue weighted by Gasteiger charge is 2.18. The van der Waals surface area contributed by atoms with Crippen molar-refractivity contribution in [1.29, 1.82) is 5.26 Å². The zero-order valence-electron chi connectivity index (χ0n) is 10.00. The van der Waals surface area contributed by atoms with Crippen molar-refractivity contribution >= 4 is 50.3 Å². The molecular formula is C12H6BrFIN3OS. The van der Waals surface area contributed by atoms with E-state index in [1.807, 2.05) is 28.7 Å². The number of aromatic nitrogens is 2. The van der Waals surface area contributed by atoms with E-state index >= 15 is 0 Å². The minimum atomic E-state index is -0.527. The SMILES string of the molecule is CSc1nc(-c2ccc(Br)c(F)c2I)c(C#N)c(=O)[nH]1. The maximum atomic E-state index is 13.9. The standard InChI is InChI=1S/C12H6BrFIN3OS/c1-20-12-17-10(6(4-16)11(19)18-12)5-2-3-7(13)8(14)9(5)15/h2-3H,1H3,(H,17,18,19). The van der Waals surface area contributed by atoms with E-state index in [2.05, 4.69) is 25.9 Å². The summed E-state index contributed by atoms with van der Waals surface area (Å²) in [5, 5.41) is 9.49. The summed E-state index contributed by atoms with van der Waals surface area (Å²) < 4.78 is 14.6. The predicted octanol–water partition coefficient (Wildman–Crippen LogP) is 3.54. The van der Waals surface area contributed by atoms with Gasteiger partial charge in [-0.05, 0) is 50.8 Å². The first-order valence-corrected chi connectivity index (χ1v) is 8.31. The van der Waals surface area contributed by atoms with Crippen LogP contribution in [0.4, 0.5) is 4.39 Å². The Bertz CT molecular complexity index is 787. The molecule has 4 nitrogen and oxygen atoms in total. The summed E-state index contributed by atoms with van der Waals surface area (Å²) in [6.07, 6.45) is 1.75. The van der Waals surface area contributed by atoms with E-state index in [0.29, 0.717) is 18.8 Å². The van der Waals surface area contributed by atoms with E-state index in [4.69, 9.17) is 5.26 Å². The van der Waals surface area contributed by atoms with Crippen LogP contribution in [0.3, 0.4) is 0 Å². The molecule has 0 aliphatic heterocycles. The molecule has 0 bridgehead atoms. The molecule has 0 atom stereocenters. The Labute approximate surface area is 140 Å². The van der Waals surface area contributed by atoms with Gasteiger partial charge in [-0.2, -0.15) is 5.26 Å². The minimum absolute atomic E-state index is 0.123. The van der Waals surface area contributed by atoms with Crippen molar-refractivity contribution in [1.82, 2.24) is 9.97 Å². The lowest BCUT2D eigenvalue weighted by atomic mass is 10.1. The molecule has 1 aromatic heterocycles. The van der Waals surface area contributed by atoms with Crippen LogP contribution in [-0.2, 0) is 0 Å². The average Bonchev–Trinajstić information content (AvgIpc) is 2.44. The normalized spacial score (nSPS) is 10.3. The van der Waals surface area contributed by atoms with E-state index in [1.165, 1.54) is 17.8 Å². The Balaban J connectivity index is 2.82. The maximum Gasteiger partial charge on any atom is 0.270 e. The molecular weight excluding hydrogens is 460 g/mol. The predicted molar refractivity (Wildman–Crippen MR) is 87.2 cm³/mol. The molecule has 0 spiro atoms. The summed E-state index contributed by atoms with van der Waals surface area (Å²) in [5.41, 5.74) is -0.0379. The summed E-state index contributed by atoms with van der Waals surface area (Å²) in [4.78, 5) is 18.6. The van der Waals surface area contributed by atoms with Gasteiger partial charge in [0.15, 0.2) is 11.0 Å². The smallest absolute Gasteiger partial charge is 0.270 e. The zero-order chi connectivity index (χ0) is 14.9. The van der Waals surface area contributed by atoms with Gasteiger partial charge in [0.25, 0.3) is 5.56 Å². The topological polar surface area (TPSA) is 69.5 Å². The molecule has 0 saturated carbocycles. The first-order valence-electron chi connectivity index (χ1n) is 5.21. The first kappa shape index (κ1) is 15.5. The van der Waals surface area contributed by atoms with E-state index in [0.717, 1.165) is 0 Å². The van der Waals surface area contributed by atoms with E-state index in [1.54, 1.807) is 12.3 Å². The van der Waals surface area contributed by atoms with Crippen molar-refractivity contribution in [2.45, 2.75) is 5.16 Å². The van der Waals surface area contributed by atoms with Gasteiger partial charge in [0.2, 0.25) is 0 Å². The minimum Gasteiger partial charge on any atom is -0.300 e. The average molecular weight is 466 g/mol. The molecule has 2 aromatic rings. The monoisotopic (exact) mass is 465 g/mol. The van der Waals surface area contributed by atoms with Crippen LogP contribution < -0.4 is 5.56 Å². The van der Waals surface area contributed by atoms with Crippen LogP contribution in [0.1, 0.15) is 5.56 Å². The quantitative estimate of drug-likeness (QED) is 0.319. The maximum absolute atomic E-state index is 13.9. The number of aromatic amines is 1. The van der Waals surface area contributed by atoms with Gasteiger partial charge in [0.1, 0.15) is 11.6 Å². The summed E-state index contributed by atoms with van der Waals surface area (Å²) >= 11 is 6.17. The van der Waals surface area contributed by atoms with E-state index < -0.39 is 11.4 Å². The van der Waals surface area contributed by atoms with Gasteiger partial charge in [-0.15, -0.1) is 0 Å². The second-order valence-corrected chi connectivity index (χ2v) is 6.36. The highest BCUT2D eigenvalue weighted by Crippen LogP contribution is 2.31. The Morgan fingerprint density at radius 3 is 2.85 bits per heavy atom. The fourth-order valence-electron chi connectivity index (χ4n) is 1.56. The van der Waals surface area contributed by atoms with Gasteiger partial charge in [-0.3, -0.25) is 4.79 Å². The number of rotatable bonds is 2. The molecule has 0 unspecified atom stereocenters. The molecule has 1 heterocycles. The molecule has 0 radical (unpaired) electrons. The van der Waals surface area contributed by atoms with Crippen LogP contribution >= 0.6 is 50.3 Å². The molecule has 0 aliphatic rings. The molecule has 20 heavy (non-hydrogen) atoms. The van der Waals surface area contributed by atoms with Gasteiger partial charge >= 0.3 is 0 Å². The van der Waals surface area contributed by atoms with E-state index in [9.17, 15) is 9.18 Å². The summed E-state index contributed by atoms with van der Waals surface area (Å²) in [6, 6.07) is 4.97. The van der Waals surface area contributed by atoms with Crippen molar-refractivity contribution in [3.05, 3.63) is 41.9 Å². The lowest BCUT2D eigenvalue weighted by molar-refractivity contribution is 0.614. The Morgan fingerprint density at radius 2 is 2.25 bits per heavy atom. The van der Waals surface area contributed by atoms with Gasteiger partial charge in [0.05, 0.1) is 13.7 Å². The number of nitrogens with zero attached hydrogens (tertiary/aromatic N) is 2. The lowest BCUT2D eigenvalue weighted by Crippen LogP contribution is -2.15. The summed E-state index contributed by atoms with van der Waals surface area (Å²) in [5.74, 6) is -0.445. The molecule has 1 N–H and O–H groups in total. The fraction of sp³-hybridized carbons (Fsp3) is 0.0833. The highest BCUT2D eigenvalue weighted by molar-refractivity contribution is 14.1. The lowest BCUT2D eigenvalue weighted by Gasteiger charge is -2.08. The van der Waals surface area contributed by atoms with Crippen LogP contribution in [0.15, 0.2) is 26.6 Å². The molecule has 2 rings (SSSR count). The third-order valence-electron chi connectivity index (χ3n) is 2.49. The van der Waals surface area contributed by atoms with Crippen molar-refractivity contribution in [2.75, 3.05) is 6.26 Å². The van der Waals surface area contributed by atoms with Crippen LogP contribution in [-0.4, -0.2) is 16.2 Å². The largest absolute Gasteiger partial charge is 0.300 e. The Morgan fingerprint density at radius 1 is 1.55 bits per heavy atom. The number of halogens is 3. The molecule has 0 saturated heterocycles. The van der Waals surface area contributed by atoms with Gasteiger partial charge in [-0.25, -0.2) is 9.37 Å². The summed E-state index contributed by atoms with van der Waals surface area (Å²) in [6.45, 7) is 0. The molecule has 0 fully saturated rings. The fourth-order valence-corrected chi connectivity index (χ4v) is 3.36. The number of nitriles is 1. The number of nitrogens with one attached hydrogen (secondary N) is 1. The second kappa shape index (κ2) is 6.24. The number of hydrogen-bond donors (Lipinski definition) is 1. The van der Waals surface area contributed by atoms with Gasteiger partial charge < -0.3 is 4.98 Å². The van der Waals surface area contributed by atoms with E-state index in [-0.39, 0.29) is 11.3 Å². The number of benzene rings is 1. The van der Waals surface area contributed by atoms with Crippen molar-refractivity contribution in [3.63, 3.8) is 0 Å². The van der Waals surface area contributed by atoms with Crippen LogP contribution in [0.2, 0.25) is 0 Å². The Hall–Kier alpha value is -0.920. The number of thioether (sulfide) groups is 1. The van der Waals surface area contributed by atoms with Crippen molar-refractivity contribution in [3.8, 4) is 17.3 Å². The van der Waals surface area contributed by atoms with Crippen molar-refractivity contribution in [2.24, 2.45) is 0 Å². The third-order valence-corrected chi connectivity index (χ3v) is 4.74. The molecule has 0 aliphatic carbocycles.